The average Bonchev–Trinajstić information content (AvgIpc) is 2.82. The summed E-state index contributed by atoms with van der Waals surface area (Å²) in [7, 11) is 0. The smallest absolute Gasteiger partial charge is 0.356 e. The normalized spacial score (nSPS) is 10.8. The van der Waals surface area contributed by atoms with Crippen LogP contribution in [0.1, 0.15) is 24.3 Å². The second kappa shape index (κ2) is 5.41. The third-order valence-electron chi connectivity index (χ3n) is 3.00. The fraction of sp³-hybridized carbons (Fsp3) is 0.200. The summed E-state index contributed by atoms with van der Waals surface area (Å²) >= 11 is 0. The van der Waals surface area contributed by atoms with Gasteiger partial charge in [0.25, 0.3) is 0 Å². The van der Waals surface area contributed by atoms with Crippen LogP contribution in [0.3, 0.4) is 0 Å². The van der Waals surface area contributed by atoms with Gasteiger partial charge in [0.2, 0.25) is 0 Å². The molecule has 110 valence electrons. The Morgan fingerprint density at radius 2 is 2.05 bits per heavy atom. The van der Waals surface area contributed by atoms with E-state index in [0.29, 0.717) is 11.4 Å². The first kappa shape index (κ1) is 14.8. The third-order valence-corrected chi connectivity index (χ3v) is 3.00. The fourth-order valence-electron chi connectivity index (χ4n) is 2.23. The van der Waals surface area contributed by atoms with Gasteiger partial charge in [-0.15, -0.1) is 0 Å². The monoisotopic (exact) mass is 288 g/mol. The minimum absolute atomic E-state index is 0. The van der Waals surface area contributed by atoms with E-state index in [4.69, 9.17) is 9.84 Å². The molecule has 0 spiro atoms. The van der Waals surface area contributed by atoms with Crippen LogP contribution in [-0.2, 0) is 0 Å². The molecule has 21 heavy (non-hydrogen) atoms. The summed E-state index contributed by atoms with van der Waals surface area (Å²) in [4.78, 5) is 15.2. The minimum atomic E-state index is -1.04. The van der Waals surface area contributed by atoms with Crippen molar-refractivity contribution < 1.29 is 20.1 Å². The van der Waals surface area contributed by atoms with Crippen molar-refractivity contribution in [1.82, 2.24) is 9.38 Å². The zero-order chi connectivity index (χ0) is 14.3. The molecule has 0 bridgehead atoms. The summed E-state index contributed by atoms with van der Waals surface area (Å²) in [6.45, 7) is 3.90. The zero-order valence-corrected chi connectivity index (χ0v) is 11.7. The predicted octanol–water partition coefficient (Wildman–Crippen LogP) is 2.15. The second-order valence-electron chi connectivity index (χ2n) is 4.85. The molecule has 0 unspecified atom stereocenters. The Morgan fingerprint density at radius 3 is 2.71 bits per heavy atom. The van der Waals surface area contributed by atoms with Crippen molar-refractivity contribution in [2.75, 3.05) is 0 Å². The van der Waals surface area contributed by atoms with Crippen molar-refractivity contribution in [3.05, 3.63) is 42.2 Å². The van der Waals surface area contributed by atoms with Gasteiger partial charge in [-0.1, -0.05) is 12.1 Å². The highest BCUT2D eigenvalue weighted by molar-refractivity contribution is 5.91. The summed E-state index contributed by atoms with van der Waals surface area (Å²) in [6.07, 6.45) is 1.56. The van der Waals surface area contributed by atoms with E-state index in [1.165, 1.54) is 6.20 Å². The standard InChI is InChI=1S/C15H14N2O3.H2O/c1-9(2)20-13-7-14-16-11(15(18)19)8-17(14)12-6-4-3-5-10(12)13;/h3-9H,1-2H3,(H,18,19);1H2. The van der Waals surface area contributed by atoms with Crippen molar-refractivity contribution in [2.24, 2.45) is 0 Å². The quantitative estimate of drug-likeness (QED) is 0.798. The number of imidazole rings is 1. The number of rotatable bonds is 3. The molecule has 0 fully saturated rings. The molecule has 2 heterocycles. The van der Waals surface area contributed by atoms with Gasteiger partial charge in [-0.2, -0.15) is 0 Å². The summed E-state index contributed by atoms with van der Waals surface area (Å²) in [6, 6.07) is 9.47. The van der Waals surface area contributed by atoms with Gasteiger partial charge in [0.05, 0.1) is 11.6 Å². The van der Waals surface area contributed by atoms with Crippen LogP contribution in [0.15, 0.2) is 36.5 Å². The highest BCUT2D eigenvalue weighted by atomic mass is 16.5. The molecule has 6 heteroatoms. The van der Waals surface area contributed by atoms with Gasteiger partial charge in [0, 0.05) is 17.6 Å². The number of fused-ring (bicyclic) bond motifs is 3. The lowest BCUT2D eigenvalue weighted by molar-refractivity contribution is 0.0691. The van der Waals surface area contributed by atoms with E-state index in [-0.39, 0.29) is 17.3 Å². The number of carboxylic acid groups (broad SMARTS) is 1. The van der Waals surface area contributed by atoms with Crippen LogP contribution in [0, 0.1) is 0 Å². The Morgan fingerprint density at radius 1 is 1.33 bits per heavy atom. The molecule has 6 nitrogen and oxygen atoms in total. The molecule has 3 N–H and O–H groups in total. The van der Waals surface area contributed by atoms with Gasteiger partial charge in [-0.25, -0.2) is 9.78 Å². The zero-order valence-electron chi connectivity index (χ0n) is 11.7. The topological polar surface area (TPSA) is 95.3 Å². The van der Waals surface area contributed by atoms with E-state index < -0.39 is 5.97 Å². The average molecular weight is 288 g/mol. The Kier molecular flexibility index (Phi) is 3.82. The van der Waals surface area contributed by atoms with Crippen LogP contribution >= 0.6 is 0 Å². The van der Waals surface area contributed by atoms with Crippen molar-refractivity contribution in [2.45, 2.75) is 20.0 Å². The van der Waals surface area contributed by atoms with Gasteiger partial charge >= 0.3 is 5.97 Å². The number of pyridine rings is 1. The number of aromatic nitrogens is 2. The highest BCUT2D eigenvalue weighted by Gasteiger charge is 2.14. The maximum atomic E-state index is 11.1. The van der Waals surface area contributed by atoms with Gasteiger partial charge in [-0.05, 0) is 26.0 Å². The first-order chi connectivity index (χ1) is 9.56. The molecule has 0 aliphatic rings. The molecule has 3 rings (SSSR count). The lowest BCUT2D eigenvalue weighted by Crippen LogP contribution is -2.06. The van der Waals surface area contributed by atoms with Crippen LogP contribution in [0.5, 0.6) is 5.75 Å². The summed E-state index contributed by atoms with van der Waals surface area (Å²) in [5.74, 6) is -0.324. The van der Waals surface area contributed by atoms with E-state index in [1.807, 2.05) is 38.1 Å². The maximum absolute atomic E-state index is 11.1. The number of aromatic carboxylic acids is 1. The Bertz CT molecular complexity index is 808. The maximum Gasteiger partial charge on any atom is 0.356 e. The van der Waals surface area contributed by atoms with E-state index in [9.17, 15) is 4.79 Å². The molecular weight excluding hydrogens is 272 g/mol. The van der Waals surface area contributed by atoms with Crippen LogP contribution < -0.4 is 4.74 Å². The summed E-state index contributed by atoms with van der Waals surface area (Å²) < 4.78 is 7.57. The molecule has 0 atom stereocenters. The lowest BCUT2D eigenvalue weighted by atomic mass is 10.2. The first-order valence-electron chi connectivity index (χ1n) is 6.37. The van der Waals surface area contributed by atoms with Crippen molar-refractivity contribution in [1.29, 1.82) is 0 Å². The molecule has 2 aromatic heterocycles. The van der Waals surface area contributed by atoms with Gasteiger partial charge < -0.3 is 15.3 Å². The third kappa shape index (κ3) is 2.53. The number of para-hydroxylation sites is 1. The minimum Gasteiger partial charge on any atom is -0.490 e. The fourth-order valence-corrected chi connectivity index (χ4v) is 2.23. The van der Waals surface area contributed by atoms with Crippen LogP contribution in [0.2, 0.25) is 0 Å². The molecule has 0 saturated heterocycles. The molecule has 0 amide bonds. The van der Waals surface area contributed by atoms with E-state index in [2.05, 4.69) is 4.98 Å². The van der Waals surface area contributed by atoms with Crippen molar-refractivity contribution in [3.63, 3.8) is 0 Å². The van der Waals surface area contributed by atoms with Gasteiger partial charge in [0.1, 0.15) is 11.4 Å². The van der Waals surface area contributed by atoms with E-state index in [1.54, 1.807) is 10.5 Å². The Hall–Kier alpha value is -2.60. The Balaban J connectivity index is 0.00000161. The van der Waals surface area contributed by atoms with Gasteiger partial charge in [-0.3, -0.25) is 4.40 Å². The van der Waals surface area contributed by atoms with Crippen molar-refractivity contribution in [3.8, 4) is 5.75 Å². The van der Waals surface area contributed by atoms with Gasteiger partial charge in [0.15, 0.2) is 5.69 Å². The van der Waals surface area contributed by atoms with E-state index >= 15 is 0 Å². The molecule has 1 aromatic carbocycles. The number of carboxylic acids is 1. The number of nitrogens with zero attached hydrogens (tertiary/aromatic N) is 2. The number of carbonyl (C=O) groups is 1. The second-order valence-corrected chi connectivity index (χ2v) is 4.85. The molecule has 3 aromatic rings. The predicted molar refractivity (Wildman–Crippen MR) is 79.0 cm³/mol. The molecule has 0 aliphatic carbocycles. The molecular formula is C15H16N2O4. The Labute approximate surface area is 120 Å². The van der Waals surface area contributed by atoms with Crippen LogP contribution in [0.25, 0.3) is 16.6 Å². The van der Waals surface area contributed by atoms with Crippen molar-refractivity contribution >= 4 is 22.5 Å². The number of hydrogen-bond acceptors (Lipinski definition) is 3. The number of benzene rings is 1. The first-order valence-corrected chi connectivity index (χ1v) is 6.37. The molecule has 0 aliphatic heterocycles. The van der Waals surface area contributed by atoms with Crippen LogP contribution in [0.4, 0.5) is 0 Å². The molecule has 0 saturated carbocycles. The SMILES string of the molecule is CC(C)Oc1cc2nc(C(=O)O)cn2c2ccccc12.O. The number of ether oxygens (including phenoxy) is 1. The highest BCUT2D eigenvalue weighted by Crippen LogP contribution is 2.28. The lowest BCUT2D eigenvalue weighted by Gasteiger charge is -2.13. The van der Waals surface area contributed by atoms with Crippen LogP contribution in [-0.4, -0.2) is 32.0 Å². The van der Waals surface area contributed by atoms with E-state index in [0.717, 1.165) is 10.9 Å². The summed E-state index contributed by atoms with van der Waals surface area (Å²) in [5.41, 5.74) is 1.47. The molecule has 0 radical (unpaired) electrons. The largest absolute Gasteiger partial charge is 0.490 e. The number of hydrogen-bond donors (Lipinski definition) is 1. The summed E-state index contributed by atoms with van der Waals surface area (Å²) in [5, 5.41) is 10.00.